The summed E-state index contributed by atoms with van der Waals surface area (Å²) in [7, 11) is 0. The average Bonchev–Trinajstić information content (AvgIpc) is 2.73. The third kappa shape index (κ3) is 2.22. The molecule has 0 aliphatic carbocycles. The number of rotatable bonds is 2. The van der Waals surface area contributed by atoms with Crippen molar-refractivity contribution in [2.75, 3.05) is 0 Å². The molecule has 1 aromatic carbocycles. The molecule has 5 heteroatoms. The van der Waals surface area contributed by atoms with E-state index in [2.05, 4.69) is 15.2 Å². The quantitative estimate of drug-likeness (QED) is 0.632. The third-order valence-corrected chi connectivity index (χ3v) is 2.74. The highest BCUT2D eigenvalue weighted by Gasteiger charge is 2.08. The number of azo groups is 1. The van der Waals surface area contributed by atoms with Crippen molar-refractivity contribution in [3.8, 4) is 0 Å². The first-order chi connectivity index (χ1) is 9.24. The first kappa shape index (κ1) is 11.5. The SMILES string of the molecule is Cc1nc2ccc(F)cn2c1N=Nc1ccccc1. The molecule has 0 saturated carbocycles. The fourth-order valence-corrected chi connectivity index (χ4v) is 1.84. The maximum absolute atomic E-state index is 13.3. The number of benzene rings is 1. The fourth-order valence-electron chi connectivity index (χ4n) is 1.84. The number of aryl methyl sites for hydroxylation is 1. The van der Waals surface area contributed by atoms with Gasteiger partial charge >= 0.3 is 0 Å². The normalized spacial score (nSPS) is 11.5. The highest BCUT2D eigenvalue weighted by Crippen LogP contribution is 2.23. The lowest BCUT2D eigenvalue weighted by atomic mass is 10.3. The summed E-state index contributed by atoms with van der Waals surface area (Å²) in [5.41, 5.74) is 2.11. The van der Waals surface area contributed by atoms with Gasteiger partial charge in [0.25, 0.3) is 0 Å². The summed E-state index contributed by atoms with van der Waals surface area (Å²) >= 11 is 0. The van der Waals surface area contributed by atoms with Crippen LogP contribution in [0.5, 0.6) is 0 Å². The molecule has 4 nitrogen and oxygen atoms in total. The van der Waals surface area contributed by atoms with Gasteiger partial charge in [0.1, 0.15) is 11.5 Å². The molecule has 0 aliphatic heterocycles. The molecule has 0 spiro atoms. The number of aromatic nitrogens is 2. The molecule has 0 saturated heterocycles. The highest BCUT2D eigenvalue weighted by atomic mass is 19.1. The zero-order valence-electron chi connectivity index (χ0n) is 10.3. The van der Waals surface area contributed by atoms with Crippen molar-refractivity contribution in [2.24, 2.45) is 10.2 Å². The second kappa shape index (κ2) is 4.61. The van der Waals surface area contributed by atoms with Crippen molar-refractivity contribution in [2.45, 2.75) is 6.92 Å². The summed E-state index contributed by atoms with van der Waals surface area (Å²) in [5, 5.41) is 8.30. The average molecular weight is 254 g/mol. The highest BCUT2D eigenvalue weighted by molar-refractivity contribution is 5.51. The Bertz CT molecular complexity index is 747. The molecule has 0 amide bonds. The molecule has 2 heterocycles. The summed E-state index contributed by atoms with van der Waals surface area (Å²) < 4.78 is 14.9. The number of imidazole rings is 1. The van der Waals surface area contributed by atoms with E-state index in [0.717, 1.165) is 5.69 Å². The molecule has 3 rings (SSSR count). The number of hydrogen-bond acceptors (Lipinski definition) is 3. The van der Waals surface area contributed by atoms with E-state index < -0.39 is 0 Å². The number of nitrogens with zero attached hydrogens (tertiary/aromatic N) is 4. The van der Waals surface area contributed by atoms with E-state index in [-0.39, 0.29) is 5.82 Å². The molecule has 3 aromatic rings. The van der Waals surface area contributed by atoms with Gasteiger partial charge in [0, 0.05) is 6.20 Å². The summed E-state index contributed by atoms with van der Waals surface area (Å²) in [5.74, 6) is 0.208. The first-order valence-electron chi connectivity index (χ1n) is 5.85. The summed E-state index contributed by atoms with van der Waals surface area (Å²) in [4.78, 5) is 4.31. The van der Waals surface area contributed by atoms with Gasteiger partial charge in [-0.1, -0.05) is 18.2 Å². The zero-order valence-corrected chi connectivity index (χ0v) is 10.3. The maximum atomic E-state index is 13.3. The standard InChI is InChI=1S/C14H11FN4/c1-10-14(18-17-12-5-3-2-4-6-12)19-9-11(15)7-8-13(19)16-10/h2-9H,1H3. The van der Waals surface area contributed by atoms with Crippen LogP contribution in [0.15, 0.2) is 58.9 Å². The first-order valence-corrected chi connectivity index (χ1v) is 5.85. The molecule has 0 N–H and O–H groups in total. The van der Waals surface area contributed by atoms with Crippen LogP contribution in [0.25, 0.3) is 5.65 Å². The summed E-state index contributed by atoms with van der Waals surface area (Å²) in [6.07, 6.45) is 1.36. The molecule has 0 unspecified atom stereocenters. The van der Waals surface area contributed by atoms with Crippen molar-refractivity contribution in [3.05, 3.63) is 60.2 Å². The fraction of sp³-hybridized carbons (Fsp3) is 0.0714. The molecule has 0 atom stereocenters. The third-order valence-electron chi connectivity index (χ3n) is 2.74. The van der Waals surface area contributed by atoms with Crippen LogP contribution in [0.1, 0.15) is 5.69 Å². The van der Waals surface area contributed by atoms with Gasteiger partial charge in [-0.3, -0.25) is 4.40 Å². The Morgan fingerprint density at radius 3 is 2.63 bits per heavy atom. The predicted octanol–water partition coefficient (Wildman–Crippen LogP) is 4.20. The molecule has 2 aromatic heterocycles. The lowest BCUT2D eigenvalue weighted by Gasteiger charge is -1.96. The minimum absolute atomic E-state index is 0.332. The van der Waals surface area contributed by atoms with E-state index in [1.165, 1.54) is 12.3 Å². The molecule has 94 valence electrons. The largest absolute Gasteiger partial charge is 0.280 e. The number of halogens is 1. The molecule has 0 radical (unpaired) electrons. The van der Waals surface area contributed by atoms with E-state index in [1.807, 2.05) is 37.3 Å². The van der Waals surface area contributed by atoms with Crippen molar-refractivity contribution < 1.29 is 4.39 Å². The summed E-state index contributed by atoms with van der Waals surface area (Å²) in [6.45, 7) is 1.82. The molecular formula is C14H11FN4. The van der Waals surface area contributed by atoms with E-state index in [0.29, 0.717) is 17.2 Å². The Kier molecular flexibility index (Phi) is 2.79. The molecule has 0 fully saturated rings. The van der Waals surface area contributed by atoms with Crippen LogP contribution in [0.3, 0.4) is 0 Å². The minimum atomic E-state index is -0.332. The van der Waals surface area contributed by atoms with Gasteiger partial charge in [-0.25, -0.2) is 9.37 Å². The van der Waals surface area contributed by atoms with Crippen LogP contribution < -0.4 is 0 Å². The van der Waals surface area contributed by atoms with Crippen molar-refractivity contribution in [1.29, 1.82) is 0 Å². The van der Waals surface area contributed by atoms with E-state index in [1.54, 1.807) is 10.5 Å². The van der Waals surface area contributed by atoms with Crippen LogP contribution in [0.2, 0.25) is 0 Å². The van der Waals surface area contributed by atoms with E-state index in [4.69, 9.17) is 0 Å². The number of hydrogen-bond donors (Lipinski definition) is 0. The molecule has 19 heavy (non-hydrogen) atoms. The van der Waals surface area contributed by atoms with Crippen molar-refractivity contribution in [3.63, 3.8) is 0 Å². The Labute approximate surface area is 109 Å². The lowest BCUT2D eigenvalue weighted by molar-refractivity contribution is 0.619. The Morgan fingerprint density at radius 1 is 1.05 bits per heavy atom. The van der Waals surface area contributed by atoms with Crippen LogP contribution in [-0.2, 0) is 0 Å². The van der Waals surface area contributed by atoms with Crippen LogP contribution >= 0.6 is 0 Å². The van der Waals surface area contributed by atoms with Gasteiger partial charge in [-0.15, -0.1) is 10.2 Å². The van der Waals surface area contributed by atoms with Gasteiger partial charge in [0.2, 0.25) is 0 Å². The molecular weight excluding hydrogens is 243 g/mol. The number of fused-ring (bicyclic) bond motifs is 1. The van der Waals surface area contributed by atoms with E-state index in [9.17, 15) is 4.39 Å². The van der Waals surface area contributed by atoms with Crippen LogP contribution in [0.4, 0.5) is 15.9 Å². The molecule has 0 aliphatic rings. The zero-order chi connectivity index (χ0) is 13.2. The van der Waals surface area contributed by atoms with Gasteiger partial charge in [0.05, 0.1) is 11.4 Å². The summed E-state index contributed by atoms with van der Waals surface area (Å²) in [6, 6.07) is 12.4. The lowest BCUT2D eigenvalue weighted by Crippen LogP contribution is -1.85. The Hall–Kier alpha value is -2.56. The van der Waals surface area contributed by atoms with Crippen LogP contribution in [0, 0.1) is 12.7 Å². The Balaban J connectivity index is 2.07. The predicted molar refractivity (Wildman–Crippen MR) is 70.5 cm³/mol. The molecule has 0 bridgehead atoms. The van der Waals surface area contributed by atoms with Crippen molar-refractivity contribution in [1.82, 2.24) is 9.38 Å². The van der Waals surface area contributed by atoms with Crippen molar-refractivity contribution >= 4 is 17.2 Å². The monoisotopic (exact) mass is 254 g/mol. The smallest absolute Gasteiger partial charge is 0.182 e. The van der Waals surface area contributed by atoms with Crippen LogP contribution in [-0.4, -0.2) is 9.38 Å². The Morgan fingerprint density at radius 2 is 1.84 bits per heavy atom. The van der Waals surface area contributed by atoms with Gasteiger partial charge in [0.15, 0.2) is 5.82 Å². The van der Waals surface area contributed by atoms with E-state index >= 15 is 0 Å². The van der Waals surface area contributed by atoms with Gasteiger partial charge in [-0.2, -0.15) is 0 Å². The topological polar surface area (TPSA) is 42.0 Å². The second-order valence-corrected chi connectivity index (χ2v) is 4.13. The van der Waals surface area contributed by atoms with Gasteiger partial charge in [-0.05, 0) is 31.2 Å². The minimum Gasteiger partial charge on any atom is -0.280 e. The maximum Gasteiger partial charge on any atom is 0.182 e. The second-order valence-electron chi connectivity index (χ2n) is 4.13. The number of pyridine rings is 1. The van der Waals surface area contributed by atoms with Gasteiger partial charge < -0.3 is 0 Å².